The molecule has 0 spiro atoms. The molecule has 2 heteroatoms. The van der Waals surface area contributed by atoms with Crippen molar-refractivity contribution in [2.45, 2.75) is 0 Å². The third-order valence-corrected chi connectivity index (χ3v) is 9.24. The second-order valence-corrected chi connectivity index (χ2v) is 12.1. The highest BCUT2D eigenvalue weighted by Gasteiger charge is 2.20. The highest BCUT2D eigenvalue weighted by Crippen LogP contribution is 2.45. The molecule has 2 nitrogen and oxygen atoms in total. The van der Waals surface area contributed by atoms with Gasteiger partial charge in [-0.3, -0.25) is 0 Å². The lowest BCUT2D eigenvalue weighted by atomic mass is 9.94. The number of rotatable bonds is 6. The zero-order chi connectivity index (χ0) is 31.9. The first-order valence-electron chi connectivity index (χ1n) is 16.4. The Kier molecular flexibility index (Phi) is 6.84. The molecule has 0 bridgehead atoms. The summed E-state index contributed by atoms with van der Waals surface area (Å²) in [6, 6.07) is 66.9. The minimum atomic E-state index is 0.906. The zero-order valence-corrected chi connectivity index (χ0v) is 26.3. The van der Waals surface area contributed by atoms with Crippen LogP contribution >= 0.6 is 0 Å². The summed E-state index contributed by atoms with van der Waals surface area (Å²) in [5.41, 5.74) is 12.1. The molecule has 1 aromatic heterocycles. The van der Waals surface area contributed by atoms with Gasteiger partial charge < -0.3 is 9.32 Å². The first kappa shape index (κ1) is 27.9. The predicted molar refractivity (Wildman–Crippen MR) is 202 cm³/mol. The van der Waals surface area contributed by atoms with Crippen LogP contribution in [0, 0.1) is 0 Å². The van der Waals surface area contributed by atoms with Crippen LogP contribution < -0.4 is 4.90 Å². The molecule has 0 aliphatic carbocycles. The third-order valence-electron chi connectivity index (χ3n) is 9.24. The molecule has 9 aromatic rings. The molecule has 226 valence electrons. The van der Waals surface area contributed by atoms with E-state index in [0.717, 1.165) is 50.1 Å². The standard InChI is InChI=1S/C46H31NO/c1-4-15-32(16-5-1)34-29-35(33-17-6-2-7-18-33)31-37(30-34)47(36-19-8-3-9-20-36)44-28-27-39(38-21-10-11-22-40(38)44)42-24-14-25-43-41-23-12-13-26-45(41)48-46(42)43/h1-31H. The van der Waals surface area contributed by atoms with Crippen LogP contribution in [0.3, 0.4) is 0 Å². The Bertz CT molecular complexity index is 2490. The van der Waals surface area contributed by atoms with E-state index < -0.39 is 0 Å². The minimum absolute atomic E-state index is 0.906. The highest BCUT2D eigenvalue weighted by atomic mass is 16.3. The Morgan fingerprint density at radius 2 is 0.896 bits per heavy atom. The van der Waals surface area contributed by atoms with Crippen LogP contribution in [-0.4, -0.2) is 0 Å². The molecule has 0 aliphatic rings. The van der Waals surface area contributed by atoms with Gasteiger partial charge in [-0.05, 0) is 75.7 Å². The second kappa shape index (κ2) is 11.8. The van der Waals surface area contributed by atoms with Crippen molar-refractivity contribution in [2.75, 3.05) is 4.90 Å². The fourth-order valence-electron chi connectivity index (χ4n) is 7.01. The van der Waals surface area contributed by atoms with E-state index in [0.29, 0.717) is 0 Å². The van der Waals surface area contributed by atoms with Gasteiger partial charge in [0.1, 0.15) is 11.2 Å². The number of benzene rings is 8. The van der Waals surface area contributed by atoms with Gasteiger partial charge in [0.2, 0.25) is 0 Å². The average molecular weight is 614 g/mol. The summed E-state index contributed by atoms with van der Waals surface area (Å²) < 4.78 is 6.50. The van der Waals surface area contributed by atoms with Gasteiger partial charge in [0.15, 0.2) is 0 Å². The molecule has 9 rings (SSSR count). The highest BCUT2D eigenvalue weighted by molar-refractivity contribution is 6.14. The Balaban J connectivity index is 1.29. The minimum Gasteiger partial charge on any atom is -0.455 e. The molecule has 1 heterocycles. The SMILES string of the molecule is c1ccc(-c2cc(-c3ccccc3)cc(N(c3ccccc3)c3ccc(-c4cccc5c4oc4ccccc45)c4ccccc34)c2)cc1. The van der Waals surface area contributed by atoms with Crippen molar-refractivity contribution >= 4 is 49.8 Å². The van der Waals surface area contributed by atoms with E-state index in [-0.39, 0.29) is 0 Å². The number of fused-ring (bicyclic) bond motifs is 4. The molecule has 0 radical (unpaired) electrons. The van der Waals surface area contributed by atoms with Gasteiger partial charge in [-0.15, -0.1) is 0 Å². The molecule has 0 atom stereocenters. The molecular weight excluding hydrogens is 583 g/mol. The molecule has 48 heavy (non-hydrogen) atoms. The normalized spacial score (nSPS) is 11.3. The van der Waals surface area contributed by atoms with Crippen molar-refractivity contribution in [3.63, 3.8) is 0 Å². The Morgan fingerprint density at radius 1 is 0.333 bits per heavy atom. The van der Waals surface area contributed by atoms with E-state index in [1.807, 2.05) is 12.1 Å². The summed E-state index contributed by atoms with van der Waals surface area (Å²) in [6.45, 7) is 0. The van der Waals surface area contributed by atoms with E-state index in [1.54, 1.807) is 0 Å². The van der Waals surface area contributed by atoms with Gasteiger partial charge in [0.25, 0.3) is 0 Å². The molecule has 0 amide bonds. The van der Waals surface area contributed by atoms with Crippen LogP contribution in [0.25, 0.3) is 66.1 Å². The van der Waals surface area contributed by atoms with E-state index in [2.05, 4.69) is 181 Å². The molecular formula is C46H31NO. The van der Waals surface area contributed by atoms with E-state index in [1.165, 1.54) is 33.0 Å². The lowest BCUT2D eigenvalue weighted by Crippen LogP contribution is -2.11. The number of para-hydroxylation sites is 3. The van der Waals surface area contributed by atoms with Crippen molar-refractivity contribution in [3.8, 4) is 33.4 Å². The van der Waals surface area contributed by atoms with Crippen LogP contribution in [0.15, 0.2) is 192 Å². The van der Waals surface area contributed by atoms with Gasteiger partial charge >= 0.3 is 0 Å². The van der Waals surface area contributed by atoms with Crippen LogP contribution in [0.2, 0.25) is 0 Å². The molecule has 0 saturated heterocycles. The van der Waals surface area contributed by atoms with Gasteiger partial charge in [0.05, 0.1) is 5.69 Å². The largest absolute Gasteiger partial charge is 0.455 e. The summed E-state index contributed by atoms with van der Waals surface area (Å²) in [6.07, 6.45) is 0. The van der Waals surface area contributed by atoms with Crippen LogP contribution in [0.4, 0.5) is 17.1 Å². The molecule has 0 fully saturated rings. The maximum Gasteiger partial charge on any atom is 0.143 e. The van der Waals surface area contributed by atoms with Gasteiger partial charge in [-0.1, -0.05) is 146 Å². The lowest BCUT2D eigenvalue weighted by molar-refractivity contribution is 0.670. The fourth-order valence-corrected chi connectivity index (χ4v) is 7.01. The maximum absolute atomic E-state index is 6.50. The smallest absolute Gasteiger partial charge is 0.143 e. The number of hydrogen-bond donors (Lipinski definition) is 0. The topological polar surface area (TPSA) is 16.4 Å². The van der Waals surface area contributed by atoms with Gasteiger partial charge in [-0.2, -0.15) is 0 Å². The lowest BCUT2D eigenvalue weighted by Gasteiger charge is -2.28. The number of nitrogens with zero attached hydrogens (tertiary/aromatic N) is 1. The molecule has 0 aliphatic heterocycles. The summed E-state index contributed by atoms with van der Waals surface area (Å²) in [5.74, 6) is 0. The van der Waals surface area contributed by atoms with Crippen molar-refractivity contribution < 1.29 is 4.42 Å². The molecule has 0 unspecified atom stereocenters. The number of anilines is 3. The van der Waals surface area contributed by atoms with Crippen LogP contribution in [-0.2, 0) is 0 Å². The summed E-state index contributed by atoms with van der Waals surface area (Å²) in [7, 11) is 0. The van der Waals surface area contributed by atoms with Crippen molar-refractivity contribution in [1.82, 2.24) is 0 Å². The Labute approximate surface area is 279 Å². The van der Waals surface area contributed by atoms with Crippen LogP contribution in [0.1, 0.15) is 0 Å². The van der Waals surface area contributed by atoms with Crippen LogP contribution in [0.5, 0.6) is 0 Å². The fraction of sp³-hybridized carbons (Fsp3) is 0. The Morgan fingerprint density at radius 3 is 1.58 bits per heavy atom. The first-order valence-corrected chi connectivity index (χ1v) is 16.4. The maximum atomic E-state index is 6.50. The average Bonchev–Trinajstić information content (AvgIpc) is 3.55. The number of furan rings is 1. The van der Waals surface area contributed by atoms with Crippen molar-refractivity contribution in [3.05, 3.63) is 188 Å². The summed E-state index contributed by atoms with van der Waals surface area (Å²) in [4.78, 5) is 2.40. The molecule has 0 N–H and O–H groups in total. The van der Waals surface area contributed by atoms with Crippen molar-refractivity contribution in [2.24, 2.45) is 0 Å². The van der Waals surface area contributed by atoms with E-state index in [9.17, 15) is 0 Å². The third kappa shape index (κ3) is 4.83. The summed E-state index contributed by atoms with van der Waals surface area (Å²) in [5, 5.41) is 4.61. The zero-order valence-electron chi connectivity index (χ0n) is 26.3. The quantitative estimate of drug-likeness (QED) is 0.185. The first-order chi connectivity index (χ1) is 23.8. The van der Waals surface area contributed by atoms with Gasteiger partial charge in [-0.25, -0.2) is 0 Å². The summed E-state index contributed by atoms with van der Waals surface area (Å²) >= 11 is 0. The van der Waals surface area contributed by atoms with E-state index >= 15 is 0 Å². The Hall–Kier alpha value is -6.38. The monoisotopic (exact) mass is 613 g/mol. The number of hydrogen-bond acceptors (Lipinski definition) is 2. The molecule has 8 aromatic carbocycles. The van der Waals surface area contributed by atoms with E-state index in [4.69, 9.17) is 4.42 Å². The predicted octanol–water partition coefficient (Wildman–Crippen LogP) is 13.2. The molecule has 0 saturated carbocycles. The van der Waals surface area contributed by atoms with Gasteiger partial charge in [0, 0.05) is 33.1 Å². The van der Waals surface area contributed by atoms with Crippen molar-refractivity contribution in [1.29, 1.82) is 0 Å². The second-order valence-electron chi connectivity index (χ2n) is 12.1.